The number of aliphatic carboxylic acids is 1. The third-order valence-electron chi connectivity index (χ3n) is 4.83. The van der Waals surface area contributed by atoms with Crippen molar-refractivity contribution in [3.05, 3.63) is 52.7 Å². The van der Waals surface area contributed by atoms with Gasteiger partial charge < -0.3 is 14.6 Å². The number of benzene rings is 1. The number of pyridine rings is 1. The van der Waals surface area contributed by atoms with E-state index < -0.39 is 11.4 Å². The molecule has 5 nitrogen and oxygen atoms in total. The fourth-order valence-corrected chi connectivity index (χ4v) is 3.47. The number of carboxylic acids is 1. The molecule has 3 rings (SSSR count). The molecule has 0 amide bonds. The average molecular weight is 327 g/mol. The minimum absolute atomic E-state index is 0.122. The highest BCUT2D eigenvalue weighted by atomic mass is 16.5. The number of carboxylic acid groups (broad SMARTS) is 1. The molecule has 0 aliphatic heterocycles. The Labute approximate surface area is 141 Å². The Morgan fingerprint density at radius 3 is 2.58 bits per heavy atom. The van der Waals surface area contributed by atoms with Gasteiger partial charge in [-0.3, -0.25) is 4.79 Å². The number of hydrogen-bond acceptors (Lipinski definition) is 4. The van der Waals surface area contributed by atoms with Gasteiger partial charge in [0, 0.05) is 23.2 Å². The molecule has 126 valence electrons. The fraction of sp³-hybridized carbons (Fsp3) is 0.368. The summed E-state index contributed by atoms with van der Waals surface area (Å²) in [6.07, 6.45) is 2.25. The highest BCUT2D eigenvalue weighted by Crippen LogP contribution is 2.62. The van der Waals surface area contributed by atoms with Crippen LogP contribution in [0.1, 0.15) is 34.6 Å². The first-order chi connectivity index (χ1) is 11.4. The minimum atomic E-state index is -0.958. The van der Waals surface area contributed by atoms with E-state index in [0.29, 0.717) is 18.1 Å². The maximum atomic E-state index is 12.2. The number of aryl methyl sites for hydroxylation is 2. The molecule has 1 heterocycles. The number of ether oxygens (including phenoxy) is 2. The Kier molecular flexibility index (Phi) is 3.95. The van der Waals surface area contributed by atoms with Gasteiger partial charge in [-0.05, 0) is 38.0 Å². The van der Waals surface area contributed by atoms with Crippen LogP contribution in [0.2, 0.25) is 0 Å². The van der Waals surface area contributed by atoms with Gasteiger partial charge in [-0.15, -0.1) is 0 Å². The van der Waals surface area contributed by atoms with Crippen LogP contribution in [0.4, 0.5) is 0 Å². The summed E-state index contributed by atoms with van der Waals surface area (Å²) >= 11 is 0. The predicted molar refractivity (Wildman–Crippen MR) is 89.9 cm³/mol. The van der Waals surface area contributed by atoms with Crippen molar-refractivity contribution in [1.29, 1.82) is 0 Å². The van der Waals surface area contributed by atoms with Crippen LogP contribution in [0.15, 0.2) is 30.5 Å². The second kappa shape index (κ2) is 5.82. The summed E-state index contributed by atoms with van der Waals surface area (Å²) in [5.74, 6) is 0.227. The van der Waals surface area contributed by atoms with Gasteiger partial charge in [-0.25, -0.2) is 4.98 Å². The zero-order chi connectivity index (χ0) is 17.5. The summed E-state index contributed by atoms with van der Waals surface area (Å²) in [7, 11) is 3.14. The van der Waals surface area contributed by atoms with Gasteiger partial charge >= 0.3 is 5.97 Å². The van der Waals surface area contributed by atoms with E-state index in [1.54, 1.807) is 20.4 Å². The molecule has 0 unspecified atom stereocenters. The Hall–Kier alpha value is -2.56. The van der Waals surface area contributed by atoms with Crippen LogP contribution in [-0.2, 0) is 10.2 Å². The van der Waals surface area contributed by atoms with Gasteiger partial charge in [-0.2, -0.15) is 0 Å². The lowest BCUT2D eigenvalue weighted by atomic mass is 9.89. The van der Waals surface area contributed by atoms with Crippen molar-refractivity contribution in [2.24, 2.45) is 0 Å². The molecule has 1 N–H and O–H groups in total. The zero-order valence-electron chi connectivity index (χ0n) is 14.3. The van der Waals surface area contributed by atoms with Crippen LogP contribution in [0.5, 0.6) is 11.6 Å². The second-order valence-corrected chi connectivity index (χ2v) is 6.33. The molecule has 0 saturated heterocycles. The standard InChI is InChI=1S/C19H21NO4/c1-11-5-6-16(23-3)14(7-11)19(18(21)22)9-15(19)13-8-12(2)17(24-4)20-10-13/h5-8,10,15H,9H2,1-4H3,(H,21,22)/t15-,19-/m1/s1. The van der Waals surface area contributed by atoms with E-state index in [4.69, 9.17) is 9.47 Å². The molecule has 5 heteroatoms. The maximum Gasteiger partial charge on any atom is 0.314 e. The molecule has 0 spiro atoms. The average Bonchev–Trinajstić information content (AvgIpc) is 3.31. The van der Waals surface area contributed by atoms with Crippen molar-refractivity contribution in [1.82, 2.24) is 4.98 Å². The summed E-state index contributed by atoms with van der Waals surface area (Å²) in [4.78, 5) is 16.4. The Balaban J connectivity index is 2.06. The van der Waals surface area contributed by atoms with E-state index >= 15 is 0 Å². The van der Waals surface area contributed by atoms with Crippen molar-refractivity contribution < 1.29 is 19.4 Å². The molecule has 1 aliphatic carbocycles. The maximum absolute atomic E-state index is 12.2. The first kappa shape index (κ1) is 16.3. The number of aromatic nitrogens is 1. The van der Waals surface area contributed by atoms with Crippen molar-refractivity contribution in [2.75, 3.05) is 14.2 Å². The van der Waals surface area contributed by atoms with Crippen molar-refractivity contribution in [2.45, 2.75) is 31.6 Å². The predicted octanol–water partition coefficient (Wildman–Crippen LogP) is 3.23. The van der Waals surface area contributed by atoms with Gasteiger partial charge in [0.15, 0.2) is 0 Å². The monoisotopic (exact) mass is 327 g/mol. The van der Waals surface area contributed by atoms with Crippen molar-refractivity contribution in [3.8, 4) is 11.6 Å². The summed E-state index contributed by atoms with van der Waals surface area (Å²) in [5.41, 5.74) is 2.61. The first-order valence-electron chi connectivity index (χ1n) is 7.83. The Bertz CT molecular complexity index is 802. The zero-order valence-corrected chi connectivity index (χ0v) is 14.3. The third-order valence-corrected chi connectivity index (χ3v) is 4.83. The number of rotatable bonds is 5. The lowest BCUT2D eigenvalue weighted by molar-refractivity contribution is -0.140. The number of methoxy groups -OCH3 is 2. The molecule has 2 aromatic rings. The highest BCUT2D eigenvalue weighted by Gasteiger charge is 2.63. The number of carbonyl (C=O) groups is 1. The Morgan fingerprint density at radius 1 is 1.25 bits per heavy atom. The summed E-state index contributed by atoms with van der Waals surface area (Å²) in [6.45, 7) is 3.86. The normalized spacial score (nSPS) is 22.1. The lowest BCUT2D eigenvalue weighted by Crippen LogP contribution is -2.23. The first-order valence-corrected chi connectivity index (χ1v) is 7.83. The van der Waals surface area contributed by atoms with Crippen LogP contribution in [0.25, 0.3) is 0 Å². The lowest BCUT2D eigenvalue weighted by Gasteiger charge is -2.18. The second-order valence-electron chi connectivity index (χ2n) is 6.33. The van der Waals surface area contributed by atoms with Crippen molar-refractivity contribution in [3.63, 3.8) is 0 Å². The van der Waals surface area contributed by atoms with Gasteiger partial charge in [0.05, 0.1) is 14.2 Å². The summed E-state index contributed by atoms with van der Waals surface area (Å²) in [5, 5.41) is 9.97. The molecule has 1 fully saturated rings. The SMILES string of the molecule is COc1ccc(C)cc1[C@]1(C(=O)O)C[C@@H]1c1cnc(OC)c(C)c1. The highest BCUT2D eigenvalue weighted by molar-refractivity contribution is 5.89. The molecule has 1 aromatic heterocycles. The van der Waals surface area contributed by atoms with E-state index in [-0.39, 0.29) is 5.92 Å². The summed E-state index contributed by atoms with van der Waals surface area (Å²) < 4.78 is 10.6. The Morgan fingerprint density at radius 2 is 2.00 bits per heavy atom. The van der Waals surface area contributed by atoms with E-state index in [1.165, 1.54) is 0 Å². The van der Waals surface area contributed by atoms with Crippen LogP contribution in [0, 0.1) is 13.8 Å². The largest absolute Gasteiger partial charge is 0.496 e. The quantitative estimate of drug-likeness (QED) is 0.913. The number of hydrogen-bond donors (Lipinski definition) is 1. The van der Waals surface area contributed by atoms with Crippen LogP contribution in [0.3, 0.4) is 0 Å². The van der Waals surface area contributed by atoms with E-state index in [0.717, 1.165) is 22.3 Å². The van der Waals surface area contributed by atoms with E-state index in [2.05, 4.69) is 4.98 Å². The summed E-state index contributed by atoms with van der Waals surface area (Å²) in [6, 6.07) is 7.64. The molecule has 1 aromatic carbocycles. The molecular formula is C19H21NO4. The van der Waals surface area contributed by atoms with Crippen molar-refractivity contribution >= 4 is 5.97 Å². The topological polar surface area (TPSA) is 68.7 Å². The van der Waals surface area contributed by atoms with Gasteiger partial charge in [0.2, 0.25) is 5.88 Å². The van der Waals surface area contributed by atoms with Crippen LogP contribution in [-0.4, -0.2) is 30.3 Å². The van der Waals surface area contributed by atoms with Gasteiger partial charge in [-0.1, -0.05) is 17.7 Å². The molecular weight excluding hydrogens is 306 g/mol. The van der Waals surface area contributed by atoms with Crippen LogP contribution >= 0.6 is 0 Å². The molecule has 1 aliphatic rings. The molecule has 0 bridgehead atoms. The van der Waals surface area contributed by atoms with E-state index in [9.17, 15) is 9.90 Å². The van der Waals surface area contributed by atoms with Crippen LogP contribution < -0.4 is 9.47 Å². The molecule has 0 radical (unpaired) electrons. The smallest absolute Gasteiger partial charge is 0.314 e. The van der Waals surface area contributed by atoms with Gasteiger partial charge in [0.1, 0.15) is 11.2 Å². The molecule has 1 saturated carbocycles. The molecule has 2 atom stereocenters. The minimum Gasteiger partial charge on any atom is -0.496 e. The molecule has 24 heavy (non-hydrogen) atoms. The van der Waals surface area contributed by atoms with E-state index in [1.807, 2.05) is 38.1 Å². The fourth-order valence-electron chi connectivity index (χ4n) is 3.47. The number of nitrogens with zero attached hydrogens (tertiary/aromatic N) is 1. The third kappa shape index (κ3) is 2.40. The van der Waals surface area contributed by atoms with Gasteiger partial charge in [0.25, 0.3) is 0 Å².